The fourth-order valence-electron chi connectivity index (χ4n) is 1.41. The van der Waals surface area contributed by atoms with Crippen molar-refractivity contribution < 1.29 is 8.42 Å². The van der Waals surface area contributed by atoms with Gasteiger partial charge in [-0.25, -0.2) is 8.42 Å². The molecule has 1 heterocycles. The third kappa shape index (κ3) is 2.86. The maximum Gasteiger partial charge on any atom is 0.248 e. The first kappa shape index (κ1) is 13.7. The number of hydrogen-bond donors (Lipinski definition) is 1. The third-order valence-corrected chi connectivity index (χ3v) is 4.12. The number of aryl methyl sites for hydroxylation is 1. The summed E-state index contributed by atoms with van der Waals surface area (Å²) in [4.78, 5) is 0.0512. The van der Waals surface area contributed by atoms with Crippen molar-refractivity contribution in [1.82, 2.24) is 14.1 Å². The fourth-order valence-corrected chi connectivity index (χ4v) is 2.61. The molecule has 17 heavy (non-hydrogen) atoms. The fraction of sp³-hybridized carbons (Fsp3) is 0.500. The number of nitrogen functional groups attached to an aromatic ring is 1. The van der Waals surface area contributed by atoms with Crippen LogP contribution in [-0.4, -0.2) is 36.1 Å². The van der Waals surface area contributed by atoms with Gasteiger partial charge >= 0.3 is 0 Å². The molecule has 0 saturated carbocycles. The molecule has 1 aromatic rings. The molecule has 0 atom stereocenters. The zero-order valence-electron chi connectivity index (χ0n) is 10.1. The molecular formula is C10H18N4O2S. The number of nitrogens with zero attached hydrogens (tertiary/aromatic N) is 3. The second-order valence-electron chi connectivity index (χ2n) is 3.72. The summed E-state index contributed by atoms with van der Waals surface area (Å²) in [5.74, 6) is 0.0364. The molecule has 7 heteroatoms. The van der Waals surface area contributed by atoms with Crippen molar-refractivity contribution in [2.45, 2.75) is 24.8 Å². The number of likely N-dealkylation sites (N-methyl/N-ethyl adjacent to an activating group) is 1. The number of hydrogen-bond acceptors (Lipinski definition) is 4. The predicted molar refractivity (Wildman–Crippen MR) is 66.9 cm³/mol. The van der Waals surface area contributed by atoms with Gasteiger partial charge < -0.3 is 5.73 Å². The van der Waals surface area contributed by atoms with E-state index in [1.54, 1.807) is 4.68 Å². The summed E-state index contributed by atoms with van der Waals surface area (Å²) in [6, 6.07) is 0. The van der Waals surface area contributed by atoms with E-state index in [0.717, 1.165) is 6.42 Å². The van der Waals surface area contributed by atoms with Gasteiger partial charge in [0.1, 0.15) is 4.90 Å². The smallest absolute Gasteiger partial charge is 0.248 e. The summed E-state index contributed by atoms with van der Waals surface area (Å²) in [6.45, 7) is 6.37. The Balaban J connectivity index is 3.10. The van der Waals surface area contributed by atoms with E-state index in [1.165, 1.54) is 23.6 Å². The second kappa shape index (κ2) is 5.33. The molecule has 96 valence electrons. The summed E-state index contributed by atoms with van der Waals surface area (Å²) in [5, 5.41) is 3.97. The highest BCUT2D eigenvalue weighted by molar-refractivity contribution is 7.89. The molecule has 0 fully saturated rings. The lowest BCUT2D eigenvalue weighted by atomic mass is 10.5. The quantitative estimate of drug-likeness (QED) is 0.761. The first-order chi connectivity index (χ1) is 7.93. The molecule has 0 aliphatic carbocycles. The van der Waals surface area contributed by atoms with E-state index < -0.39 is 10.0 Å². The minimum Gasteiger partial charge on any atom is -0.381 e. The number of rotatable bonds is 6. The number of sulfonamides is 1. The van der Waals surface area contributed by atoms with Crippen LogP contribution >= 0.6 is 0 Å². The van der Waals surface area contributed by atoms with Crippen LogP contribution in [0.15, 0.2) is 23.7 Å². The van der Waals surface area contributed by atoms with Crippen molar-refractivity contribution in [3.8, 4) is 0 Å². The Bertz CT molecular complexity index is 492. The highest BCUT2D eigenvalue weighted by atomic mass is 32.2. The molecule has 0 amide bonds. The zero-order chi connectivity index (χ0) is 13.1. The molecule has 6 nitrogen and oxygen atoms in total. The van der Waals surface area contributed by atoms with Crippen LogP contribution in [0.5, 0.6) is 0 Å². The van der Waals surface area contributed by atoms with Gasteiger partial charge in [0, 0.05) is 26.3 Å². The van der Waals surface area contributed by atoms with Crippen molar-refractivity contribution in [1.29, 1.82) is 0 Å². The number of aromatic nitrogens is 2. The predicted octanol–water partition coefficient (Wildman–Crippen LogP) is 0.682. The Morgan fingerprint density at radius 3 is 2.82 bits per heavy atom. The Morgan fingerprint density at radius 2 is 2.29 bits per heavy atom. The van der Waals surface area contributed by atoms with Gasteiger partial charge in [-0.15, -0.1) is 6.58 Å². The zero-order valence-corrected chi connectivity index (χ0v) is 10.9. The van der Waals surface area contributed by atoms with Crippen LogP contribution in [-0.2, 0) is 16.6 Å². The van der Waals surface area contributed by atoms with Gasteiger partial charge in [0.05, 0.1) is 0 Å². The van der Waals surface area contributed by atoms with Gasteiger partial charge in [-0.05, 0) is 6.42 Å². The van der Waals surface area contributed by atoms with Crippen LogP contribution in [0.25, 0.3) is 0 Å². The van der Waals surface area contributed by atoms with Crippen LogP contribution in [0.1, 0.15) is 13.3 Å². The third-order valence-electron chi connectivity index (χ3n) is 2.28. The van der Waals surface area contributed by atoms with Gasteiger partial charge in [0.2, 0.25) is 10.0 Å². The van der Waals surface area contributed by atoms with Crippen LogP contribution in [0.4, 0.5) is 5.82 Å². The average Bonchev–Trinajstić information content (AvgIpc) is 2.61. The molecule has 0 aliphatic heterocycles. The van der Waals surface area contributed by atoms with Gasteiger partial charge in [-0.2, -0.15) is 9.40 Å². The van der Waals surface area contributed by atoms with Crippen LogP contribution < -0.4 is 5.73 Å². The monoisotopic (exact) mass is 258 g/mol. The van der Waals surface area contributed by atoms with Gasteiger partial charge in [-0.1, -0.05) is 13.0 Å². The topological polar surface area (TPSA) is 81.2 Å². The maximum absolute atomic E-state index is 12.1. The Morgan fingerprint density at radius 1 is 1.65 bits per heavy atom. The van der Waals surface area contributed by atoms with Crippen LogP contribution in [0.3, 0.4) is 0 Å². The van der Waals surface area contributed by atoms with Crippen LogP contribution in [0, 0.1) is 0 Å². The average molecular weight is 258 g/mol. The number of nitrogens with two attached hydrogens (primary N) is 1. The lowest BCUT2D eigenvalue weighted by Gasteiger charge is -2.13. The Hall–Kier alpha value is -1.34. The highest BCUT2D eigenvalue weighted by Gasteiger charge is 2.25. The molecule has 0 unspecified atom stereocenters. The molecule has 0 saturated heterocycles. The van der Waals surface area contributed by atoms with E-state index in [-0.39, 0.29) is 17.3 Å². The minimum absolute atomic E-state index is 0.0364. The van der Waals surface area contributed by atoms with Crippen molar-refractivity contribution in [2.24, 2.45) is 0 Å². The molecule has 2 N–H and O–H groups in total. The van der Waals surface area contributed by atoms with E-state index in [4.69, 9.17) is 5.73 Å². The first-order valence-corrected chi connectivity index (χ1v) is 6.77. The molecule has 1 aromatic heterocycles. The summed E-state index contributed by atoms with van der Waals surface area (Å²) < 4.78 is 26.9. The van der Waals surface area contributed by atoms with Crippen molar-refractivity contribution in [2.75, 3.05) is 19.3 Å². The standard InChI is InChI=1S/C10H18N4O2S/c1-4-6-13(3)17(15,16)9-8-14(7-5-2)12-10(9)11/h4,8H,1,5-7H2,2-3H3,(H2,11,12). The van der Waals surface area contributed by atoms with Gasteiger partial charge in [0.15, 0.2) is 5.82 Å². The maximum atomic E-state index is 12.1. The summed E-state index contributed by atoms with van der Waals surface area (Å²) in [7, 11) is -2.10. The van der Waals surface area contributed by atoms with Gasteiger partial charge in [-0.3, -0.25) is 4.68 Å². The van der Waals surface area contributed by atoms with E-state index in [9.17, 15) is 8.42 Å². The molecule has 0 spiro atoms. The number of anilines is 1. The van der Waals surface area contributed by atoms with E-state index in [2.05, 4.69) is 11.7 Å². The molecule has 0 bridgehead atoms. The molecule has 1 rings (SSSR count). The van der Waals surface area contributed by atoms with E-state index in [1.807, 2.05) is 6.92 Å². The SMILES string of the molecule is C=CCN(C)S(=O)(=O)c1cn(CCC)nc1N. The summed E-state index contributed by atoms with van der Waals surface area (Å²) >= 11 is 0. The first-order valence-electron chi connectivity index (χ1n) is 5.33. The minimum atomic E-state index is -3.58. The lowest BCUT2D eigenvalue weighted by molar-refractivity contribution is 0.499. The summed E-state index contributed by atoms with van der Waals surface area (Å²) in [5.41, 5.74) is 5.63. The normalized spacial score (nSPS) is 11.9. The largest absolute Gasteiger partial charge is 0.381 e. The van der Waals surface area contributed by atoms with Crippen LogP contribution in [0.2, 0.25) is 0 Å². The Kier molecular flexibility index (Phi) is 4.30. The van der Waals surface area contributed by atoms with E-state index in [0.29, 0.717) is 6.54 Å². The van der Waals surface area contributed by atoms with Crippen molar-refractivity contribution >= 4 is 15.8 Å². The van der Waals surface area contributed by atoms with Crippen molar-refractivity contribution in [3.63, 3.8) is 0 Å². The summed E-state index contributed by atoms with van der Waals surface area (Å²) in [6.07, 6.45) is 3.85. The lowest BCUT2D eigenvalue weighted by Crippen LogP contribution is -2.27. The molecule has 0 aromatic carbocycles. The van der Waals surface area contributed by atoms with Crippen molar-refractivity contribution in [3.05, 3.63) is 18.9 Å². The highest BCUT2D eigenvalue weighted by Crippen LogP contribution is 2.20. The second-order valence-corrected chi connectivity index (χ2v) is 5.73. The molecule has 0 radical (unpaired) electrons. The van der Waals surface area contributed by atoms with E-state index >= 15 is 0 Å². The Labute approximate surface area is 102 Å². The molecule has 0 aliphatic rings. The van der Waals surface area contributed by atoms with Gasteiger partial charge in [0.25, 0.3) is 0 Å². The molecular weight excluding hydrogens is 240 g/mol.